The molecule has 0 spiro atoms. The number of ether oxygens (including phenoxy) is 1. The maximum absolute atomic E-state index is 15.4. The van der Waals surface area contributed by atoms with E-state index in [0.717, 1.165) is 35.1 Å². The van der Waals surface area contributed by atoms with Gasteiger partial charge in [0.25, 0.3) is 0 Å². The van der Waals surface area contributed by atoms with Crippen LogP contribution in [0.4, 0.5) is 4.79 Å². The minimum Gasteiger partial charge on any atom is -0.481 e. The molecule has 2 aliphatic heterocycles. The molecule has 2 aliphatic rings. The molecule has 2 aromatic heterocycles. The first-order chi connectivity index (χ1) is 39.8. The fourth-order valence-corrected chi connectivity index (χ4v) is 10.1. The van der Waals surface area contributed by atoms with Crippen molar-refractivity contribution < 1.29 is 53.0 Å². The van der Waals surface area contributed by atoms with E-state index < -0.39 is 102 Å². The van der Waals surface area contributed by atoms with Gasteiger partial charge in [-0.25, -0.2) is 9.78 Å². The molecule has 9 amide bonds. The van der Waals surface area contributed by atoms with Crippen molar-refractivity contribution in [3.05, 3.63) is 89.1 Å². The maximum atomic E-state index is 15.4. The van der Waals surface area contributed by atoms with E-state index in [1.165, 1.54) is 17.4 Å². The minimum absolute atomic E-state index is 0.0181. The van der Waals surface area contributed by atoms with Crippen molar-refractivity contribution in [2.24, 2.45) is 33.7 Å². The van der Waals surface area contributed by atoms with Crippen LogP contribution in [0.15, 0.2) is 66.0 Å². The second kappa shape index (κ2) is 31.5. The summed E-state index contributed by atoms with van der Waals surface area (Å²) in [4.78, 5) is 142. The van der Waals surface area contributed by atoms with E-state index in [9.17, 15) is 38.7 Å². The Hall–Kier alpha value is -8.63. The Labute approximate surface area is 479 Å². The fraction of sp³-hybridized carbons (Fsp3) is 0.509. The molecule has 6 rings (SSSR count). The number of hydrogen-bond acceptors (Lipinski definition) is 14. The lowest BCUT2D eigenvalue weighted by Crippen LogP contribution is -2.62. The van der Waals surface area contributed by atoms with Crippen LogP contribution in [-0.4, -0.2) is 171 Å². The van der Waals surface area contributed by atoms with Crippen molar-refractivity contribution in [3.63, 3.8) is 0 Å². The van der Waals surface area contributed by atoms with Crippen LogP contribution in [0.1, 0.15) is 92.8 Å². The van der Waals surface area contributed by atoms with Crippen molar-refractivity contribution in [2.75, 3.05) is 39.4 Å². The Morgan fingerprint density at radius 2 is 1.36 bits per heavy atom. The summed E-state index contributed by atoms with van der Waals surface area (Å²) in [5.74, 6) is -7.58. The van der Waals surface area contributed by atoms with Gasteiger partial charge in [-0.2, -0.15) is 0 Å². The summed E-state index contributed by atoms with van der Waals surface area (Å²) in [6.07, 6.45) is 3.92. The summed E-state index contributed by atoms with van der Waals surface area (Å²) in [5.41, 5.74) is 32.2. The molecule has 4 heterocycles. The summed E-state index contributed by atoms with van der Waals surface area (Å²) in [5, 5.41) is 26.4. The number of carbonyl (C=O) groups excluding carboxylic acids is 8. The van der Waals surface area contributed by atoms with Gasteiger partial charge in [-0.3, -0.25) is 48.2 Å². The van der Waals surface area contributed by atoms with Crippen LogP contribution in [0.2, 0.25) is 0 Å². The number of guanidine groups is 1. The molecule has 450 valence electrons. The molecule has 2 aromatic carbocycles. The van der Waals surface area contributed by atoms with Crippen molar-refractivity contribution in [3.8, 4) is 0 Å². The van der Waals surface area contributed by atoms with Crippen LogP contribution in [0.5, 0.6) is 0 Å². The summed E-state index contributed by atoms with van der Waals surface area (Å²) in [7, 11) is 0. The number of hydrogen-bond donors (Lipinski definition) is 14. The number of amides is 9. The van der Waals surface area contributed by atoms with Gasteiger partial charge in [-0.15, -0.1) is 0 Å². The van der Waals surface area contributed by atoms with Gasteiger partial charge in [0, 0.05) is 73.9 Å². The quantitative estimate of drug-likeness (QED) is 0.0147. The standard InChI is InChI=1S/C55H79N17O11/c1-2-3-10-39(70-55(60)82)48(76)69-43(27-46(73)74)51(79)68-42(25-34-28-61-31-63-34)50(78)67-41(24-32-14-16-33(17-15-32)29-71-20-22-83-23-21-71)49(77)66-40(13-8-19-62-54(58)59)53(81)72-30-44-36(35-9-4-5-11-37(35)64-44)26-45(72)52(80)65-38(47(57)75)12-6-7-18-56/h4-5,9,11,14-17,28,31,38-43,45,64H,2-3,6-8,10,12-13,18-27,29-30,56H2,1H3,(H2,57,75)(H,61,63)(H,65,80)(H,66,77)(H,67,78)(H,68,79)(H,69,76)(H,73,74)(H4,58,59,62)(H3,60,70,82)/t38-,39-,40-,41+,42-,43-,45?/m0/s1. The highest BCUT2D eigenvalue weighted by molar-refractivity contribution is 5.99. The molecule has 0 bridgehead atoms. The van der Waals surface area contributed by atoms with E-state index in [2.05, 4.69) is 56.7 Å². The number of urea groups is 1. The highest BCUT2D eigenvalue weighted by atomic mass is 16.5. The number of primary amides is 2. The number of fused-ring (bicyclic) bond motifs is 3. The van der Waals surface area contributed by atoms with E-state index in [1.54, 1.807) is 12.1 Å². The number of benzene rings is 2. The molecule has 28 heteroatoms. The summed E-state index contributed by atoms with van der Waals surface area (Å²) in [6, 6.07) is 4.09. The van der Waals surface area contributed by atoms with Gasteiger partial charge in [0.1, 0.15) is 42.3 Å². The second-order valence-corrected chi connectivity index (χ2v) is 20.7. The number of carboxylic acids is 1. The second-order valence-electron chi connectivity index (χ2n) is 20.7. The molecule has 28 nitrogen and oxygen atoms in total. The Morgan fingerprint density at radius 1 is 0.735 bits per heavy atom. The molecular weight excluding hydrogens is 1070 g/mol. The lowest BCUT2D eigenvalue weighted by Gasteiger charge is -2.38. The number of carbonyl (C=O) groups is 9. The number of nitrogens with two attached hydrogens (primary N) is 5. The number of imidazole rings is 1. The number of aliphatic imine (C=N–C) groups is 1. The number of rotatable bonds is 32. The number of aromatic nitrogens is 3. The minimum atomic E-state index is -1.77. The van der Waals surface area contributed by atoms with E-state index in [-0.39, 0.29) is 64.0 Å². The molecule has 83 heavy (non-hydrogen) atoms. The molecule has 1 fully saturated rings. The van der Waals surface area contributed by atoms with Crippen LogP contribution < -0.4 is 60.6 Å². The third-order valence-electron chi connectivity index (χ3n) is 14.5. The highest BCUT2D eigenvalue weighted by Gasteiger charge is 2.41. The molecule has 7 atom stereocenters. The van der Waals surface area contributed by atoms with Gasteiger partial charge in [-0.05, 0) is 67.8 Å². The Morgan fingerprint density at radius 3 is 2.00 bits per heavy atom. The SMILES string of the molecule is CCCC[C@H](NC(N)=O)C(=O)N[C@@H](CC(=O)O)C(=O)N[C@@H](Cc1cnc[nH]1)C(=O)N[C@H](Cc1ccc(CN2CCOCC2)cc1)C(=O)N[C@@H](CCCN=C(N)N)C(=O)N1Cc2[nH]c3ccccc3c2CC1C(=O)N[C@@H](CCCCN)C(N)=O. The number of nitrogens with one attached hydrogen (secondary N) is 8. The largest absolute Gasteiger partial charge is 0.481 e. The summed E-state index contributed by atoms with van der Waals surface area (Å²) in [6.45, 7) is 5.42. The van der Waals surface area contributed by atoms with Crippen molar-refractivity contribution in [1.29, 1.82) is 0 Å². The number of morpholine rings is 1. The normalized spacial score (nSPS) is 16.4. The van der Waals surface area contributed by atoms with Crippen molar-refractivity contribution >= 4 is 70.2 Å². The number of H-pyrrole nitrogens is 2. The van der Waals surface area contributed by atoms with Crippen molar-refractivity contribution in [1.82, 2.24) is 56.7 Å². The summed E-state index contributed by atoms with van der Waals surface area (Å²) < 4.78 is 5.51. The average molecular weight is 1150 g/mol. The Kier molecular flexibility index (Phi) is 24.2. The van der Waals surface area contributed by atoms with Gasteiger partial charge in [0.15, 0.2) is 5.96 Å². The van der Waals surface area contributed by atoms with E-state index in [4.69, 9.17) is 33.4 Å². The number of aliphatic carboxylic acids is 1. The molecule has 0 saturated carbocycles. The van der Waals surface area contributed by atoms with Crippen LogP contribution in [0, 0.1) is 0 Å². The zero-order chi connectivity index (χ0) is 60.0. The first-order valence-electron chi connectivity index (χ1n) is 27.9. The van der Waals surface area contributed by atoms with Crippen LogP contribution >= 0.6 is 0 Å². The lowest BCUT2D eigenvalue weighted by atomic mass is 9.94. The molecule has 1 unspecified atom stereocenters. The molecule has 1 saturated heterocycles. The van der Waals surface area contributed by atoms with Crippen LogP contribution in [0.3, 0.4) is 0 Å². The molecular formula is C55H79N17O11. The van der Waals surface area contributed by atoms with Crippen LogP contribution in [0.25, 0.3) is 10.9 Å². The van der Waals surface area contributed by atoms with E-state index in [0.29, 0.717) is 68.9 Å². The highest BCUT2D eigenvalue weighted by Crippen LogP contribution is 2.31. The van der Waals surface area contributed by atoms with Gasteiger partial charge >= 0.3 is 12.0 Å². The van der Waals surface area contributed by atoms with Gasteiger partial charge in [0.05, 0.1) is 32.5 Å². The topological polar surface area (TPSA) is 449 Å². The number of aromatic amines is 2. The Balaban J connectivity index is 1.35. The first-order valence-corrected chi connectivity index (χ1v) is 27.9. The zero-order valence-electron chi connectivity index (χ0n) is 46.7. The molecule has 19 N–H and O–H groups in total. The maximum Gasteiger partial charge on any atom is 0.312 e. The zero-order valence-corrected chi connectivity index (χ0v) is 46.7. The van der Waals surface area contributed by atoms with Gasteiger partial charge in [-0.1, -0.05) is 62.2 Å². The third kappa shape index (κ3) is 19.2. The van der Waals surface area contributed by atoms with Gasteiger partial charge < -0.3 is 85.3 Å². The van der Waals surface area contributed by atoms with Crippen LogP contribution in [-0.2, 0) is 75.4 Å². The fourth-order valence-electron chi connectivity index (χ4n) is 10.1. The van der Waals surface area contributed by atoms with E-state index >= 15 is 9.59 Å². The smallest absolute Gasteiger partial charge is 0.312 e. The third-order valence-corrected chi connectivity index (χ3v) is 14.5. The molecule has 4 aromatic rings. The predicted molar refractivity (Wildman–Crippen MR) is 305 cm³/mol. The molecule has 0 radical (unpaired) electrons. The lowest BCUT2D eigenvalue weighted by molar-refractivity contribution is -0.145. The molecule has 0 aliphatic carbocycles. The number of unbranched alkanes of at least 4 members (excludes halogenated alkanes) is 2. The predicted octanol–water partition coefficient (Wildman–Crippen LogP) is -1.74. The first kappa shape index (κ1) is 63.6. The van der Waals surface area contributed by atoms with E-state index in [1.807, 2.05) is 43.3 Å². The van der Waals surface area contributed by atoms with Crippen molar-refractivity contribution in [2.45, 2.75) is 139 Å². The Bertz CT molecular complexity index is 2890. The monoisotopic (exact) mass is 1150 g/mol. The van der Waals surface area contributed by atoms with Gasteiger partial charge in [0.2, 0.25) is 41.4 Å². The number of carboxylic acid groups (broad SMARTS) is 1. The average Bonchev–Trinajstić information content (AvgIpc) is 4.24. The number of nitrogens with zero attached hydrogens (tertiary/aromatic N) is 4. The summed E-state index contributed by atoms with van der Waals surface area (Å²) >= 11 is 0. The number of para-hydroxylation sites is 1.